The Hall–Kier alpha value is -3.12. The van der Waals surface area contributed by atoms with Gasteiger partial charge in [-0.1, -0.05) is 55.6 Å². The number of para-hydroxylation sites is 1. The third-order valence-corrected chi connectivity index (χ3v) is 6.53. The number of fused-ring (bicyclic) bond motifs is 4. The topological polar surface area (TPSA) is 75.5 Å². The first-order chi connectivity index (χ1) is 15.6. The number of nitrogens with one attached hydrogen (secondary N) is 3. The van der Waals surface area contributed by atoms with Crippen molar-refractivity contribution in [1.82, 2.24) is 10.6 Å². The molecule has 32 heavy (non-hydrogen) atoms. The van der Waals surface area contributed by atoms with Crippen LogP contribution in [0.15, 0.2) is 59.3 Å². The van der Waals surface area contributed by atoms with Crippen LogP contribution in [-0.4, -0.2) is 19.1 Å². The molecule has 7 heteroatoms. The first-order valence-electron chi connectivity index (χ1n) is 11.0. The summed E-state index contributed by atoms with van der Waals surface area (Å²) in [5, 5.41) is 11.1. The predicted molar refractivity (Wildman–Crippen MR) is 126 cm³/mol. The molecular weight excluding hydrogens is 426 g/mol. The molecule has 3 aromatic rings. The maximum absolute atomic E-state index is 12.8. The minimum atomic E-state index is -0.284. The molecule has 1 aromatic heterocycles. The van der Waals surface area contributed by atoms with Crippen molar-refractivity contribution in [2.75, 3.05) is 18.5 Å². The summed E-state index contributed by atoms with van der Waals surface area (Å²) in [6, 6.07) is 13.1. The largest absolute Gasteiger partial charge is 0.492 e. The highest BCUT2D eigenvalue weighted by Crippen LogP contribution is 2.49. The van der Waals surface area contributed by atoms with Crippen molar-refractivity contribution in [1.29, 1.82) is 0 Å². The fraction of sp³-hybridized carbons (Fsp3) is 0.320. The average molecular weight is 452 g/mol. The van der Waals surface area contributed by atoms with E-state index in [0.717, 1.165) is 53.9 Å². The van der Waals surface area contributed by atoms with E-state index in [1.54, 1.807) is 6.07 Å². The summed E-state index contributed by atoms with van der Waals surface area (Å²) in [5.74, 6) is 1.50. The highest BCUT2D eigenvalue weighted by molar-refractivity contribution is 6.34. The lowest BCUT2D eigenvalue weighted by molar-refractivity contribution is 0.0921. The van der Waals surface area contributed by atoms with Crippen LogP contribution in [0.1, 0.15) is 48.2 Å². The first-order valence-corrected chi connectivity index (χ1v) is 11.4. The molecule has 2 heterocycles. The Bertz CT molecular complexity index is 1170. The van der Waals surface area contributed by atoms with Gasteiger partial charge in [-0.2, -0.15) is 0 Å². The number of carbonyl (C=O) groups is 1. The van der Waals surface area contributed by atoms with Crippen LogP contribution in [0.5, 0.6) is 5.75 Å². The number of amides is 1. The second kappa shape index (κ2) is 8.43. The second-order valence-electron chi connectivity index (χ2n) is 8.43. The molecule has 0 saturated heterocycles. The Labute approximate surface area is 192 Å². The molecule has 0 unspecified atom stereocenters. The Morgan fingerprint density at radius 2 is 1.97 bits per heavy atom. The fourth-order valence-electron chi connectivity index (χ4n) is 4.84. The minimum absolute atomic E-state index is 0.263. The monoisotopic (exact) mass is 451 g/mol. The molecule has 1 aliphatic carbocycles. The Morgan fingerprint density at radius 3 is 2.75 bits per heavy atom. The van der Waals surface area contributed by atoms with Crippen LogP contribution in [0.25, 0.3) is 11.0 Å². The van der Waals surface area contributed by atoms with Gasteiger partial charge in [-0.05, 0) is 37.1 Å². The van der Waals surface area contributed by atoms with Crippen LogP contribution in [0.3, 0.4) is 0 Å². The molecule has 166 valence electrons. The Morgan fingerprint density at radius 1 is 1.19 bits per heavy atom. The van der Waals surface area contributed by atoms with Gasteiger partial charge in [0, 0.05) is 10.9 Å². The number of rotatable bonds is 5. The van der Waals surface area contributed by atoms with Gasteiger partial charge in [0.05, 0.1) is 28.6 Å². The molecule has 1 aliphatic heterocycles. The van der Waals surface area contributed by atoms with E-state index in [-0.39, 0.29) is 17.2 Å². The lowest BCUT2D eigenvalue weighted by Gasteiger charge is -2.44. The summed E-state index contributed by atoms with van der Waals surface area (Å²) in [7, 11) is 0. The maximum atomic E-state index is 12.8. The summed E-state index contributed by atoms with van der Waals surface area (Å²) >= 11 is 6.65. The summed E-state index contributed by atoms with van der Waals surface area (Å²) < 4.78 is 11.8. The van der Waals surface area contributed by atoms with E-state index in [9.17, 15) is 4.79 Å². The smallest absolute Gasteiger partial charge is 0.287 e. The van der Waals surface area contributed by atoms with Crippen molar-refractivity contribution < 1.29 is 13.9 Å². The standard InChI is InChI=1S/C25H26ClN3O3/c1-16-28-22-19(26)14-17-15-20(24(30)27-12-13-31-18-8-4-2-5-9-18)32-23(17)21(22)25(29-16)10-6-3-7-11-25/h2,4-5,8-9,14-15,28-29H,1,3,6-7,10-13H2,(H,27,30). The first kappa shape index (κ1) is 20.8. The van der Waals surface area contributed by atoms with E-state index in [4.69, 9.17) is 20.8 Å². The van der Waals surface area contributed by atoms with Crippen molar-refractivity contribution in [3.05, 3.63) is 71.2 Å². The zero-order valence-corrected chi connectivity index (χ0v) is 18.6. The van der Waals surface area contributed by atoms with Crippen molar-refractivity contribution in [3.8, 4) is 5.75 Å². The Balaban J connectivity index is 1.40. The van der Waals surface area contributed by atoms with E-state index >= 15 is 0 Å². The van der Waals surface area contributed by atoms with Crippen LogP contribution in [-0.2, 0) is 5.54 Å². The molecule has 1 saturated carbocycles. The lowest BCUT2D eigenvalue weighted by atomic mass is 9.74. The van der Waals surface area contributed by atoms with Gasteiger partial charge in [0.25, 0.3) is 5.91 Å². The van der Waals surface area contributed by atoms with E-state index in [1.165, 1.54) is 6.42 Å². The van der Waals surface area contributed by atoms with E-state index < -0.39 is 0 Å². The molecule has 2 aromatic carbocycles. The number of ether oxygens (including phenoxy) is 1. The fourth-order valence-corrected chi connectivity index (χ4v) is 5.10. The van der Waals surface area contributed by atoms with Gasteiger partial charge in [-0.15, -0.1) is 0 Å². The summed E-state index contributed by atoms with van der Waals surface area (Å²) in [6.45, 7) is 4.84. The molecule has 2 aliphatic rings. The van der Waals surface area contributed by atoms with E-state index in [2.05, 4.69) is 22.5 Å². The quantitative estimate of drug-likeness (QED) is 0.444. The molecule has 1 amide bonds. The third kappa shape index (κ3) is 3.79. The maximum Gasteiger partial charge on any atom is 0.287 e. The molecule has 1 spiro atoms. The molecule has 0 atom stereocenters. The Kier molecular flexibility index (Phi) is 5.47. The highest BCUT2D eigenvalue weighted by Gasteiger charge is 2.42. The van der Waals surface area contributed by atoms with Crippen molar-refractivity contribution in [3.63, 3.8) is 0 Å². The summed E-state index contributed by atoms with van der Waals surface area (Å²) in [5.41, 5.74) is 2.24. The van der Waals surface area contributed by atoms with Gasteiger partial charge in [0.1, 0.15) is 17.9 Å². The number of benzene rings is 2. The second-order valence-corrected chi connectivity index (χ2v) is 8.83. The zero-order chi connectivity index (χ0) is 22.1. The predicted octanol–water partition coefficient (Wildman–Crippen LogP) is 5.54. The number of hydrogen-bond donors (Lipinski definition) is 3. The SMILES string of the molecule is C=C1Nc2c(Cl)cc3cc(C(=O)NCCOc4ccccc4)oc3c2C2(CCCCC2)N1. The van der Waals surface area contributed by atoms with Gasteiger partial charge in [0.2, 0.25) is 0 Å². The molecule has 6 nitrogen and oxygen atoms in total. The number of halogens is 1. The molecule has 0 radical (unpaired) electrons. The summed E-state index contributed by atoms with van der Waals surface area (Å²) in [6.07, 6.45) is 5.37. The molecule has 0 bridgehead atoms. The van der Waals surface area contributed by atoms with Crippen LogP contribution in [0.2, 0.25) is 5.02 Å². The van der Waals surface area contributed by atoms with Gasteiger partial charge in [-0.25, -0.2) is 0 Å². The highest BCUT2D eigenvalue weighted by atomic mass is 35.5. The van der Waals surface area contributed by atoms with Crippen LogP contribution >= 0.6 is 11.6 Å². The van der Waals surface area contributed by atoms with E-state index in [0.29, 0.717) is 23.8 Å². The third-order valence-electron chi connectivity index (χ3n) is 6.23. The zero-order valence-electron chi connectivity index (χ0n) is 17.8. The number of anilines is 1. The number of hydrogen-bond acceptors (Lipinski definition) is 5. The van der Waals surface area contributed by atoms with Gasteiger partial charge >= 0.3 is 0 Å². The molecule has 1 fully saturated rings. The van der Waals surface area contributed by atoms with Crippen molar-refractivity contribution >= 4 is 34.2 Å². The van der Waals surface area contributed by atoms with Gasteiger partial charge in [-0.3, -0.25) is 4.79 Å². The van der Waals surface area contributed by atoms with Crippen molar-refractivity contribution in [2.45, 2.75) is 37.6 Å². The lowest BCUT2D eigenvalue weighted by Crippen LogP contribution is -2.48. The number of carbonyl (C=O) groups excluding carboxylic acids is 1. The van der Waals surface area contributed by atoms with Crippen molar-refractivity contribution in [2.24, 2.45) is 0 Å². The van der Waals surface area contributed by atoms with Gasteiger partial charge in [0.15, 0.2) is 5.76 Å². The van der Waals surface area contributed by atoms with Crippen LogP contribution < -0.4 is 20.7 Å². The molecule has 3 N–H and O–H groups in total. The van der Waals surface area contributed by atoms with Crippen LogP contribution in [0.4, 0.5) is 5.69 Å². The van der Waals surface area contributed by atoms with E-state index in [1.807, 2.05) is 36.4 Å². The van der Waals surface area contributed by atoms with Gasteiger partial charge < -0.3 is 25.1 Å². The average Bonchev–Trinajstić information content (AvgIpc) is 3.21. The minimum Gasteiger partial charge on any atom is -0.492 e. The molecular formula is C25H26ClN3O3. The summed E-state index contributed by atoms with van der Waals surface area (Å²) in [4.78, 5) is 12.8. The normalized spacial score (nSPS) is 16.8. The van der Waals surface area contributed by atoms with Crippen LogP contribution in [0, 0.1) is 0 Å². The number of furan rings is 1. The molecule has 5 rings (SSSR count).